The first-order valence-corrected chi connectivity index (χ1v) is 5.02. The highest BCUT2D eigenvalue weighted by Crippen LogP contribution is 2.23. The molecular formula is C11H14FN3. The number of hydrogen-bond donors (Lipinski definition) is 0. The SMILES string of the molecule is Cc1cn2nc(F)c(C(C)C)c(C)c2n1. The van der Waals surface area contributed by atoms with Crippen molar-refractivity contribution in [3.8, 4) is 0 Å². The molecule has 0 aromatic carbocycles. The normalized spacial score (nSPS) is 11.6. The fraction of sp³-hybridized carbons (Fsp3) is 0.455. The molecule has 0 amide bonds. The Hall–Kier alpha value is -1.45. The Bertz CT molecular complexity index is 514. The van der Waals surface area contributed by atoms with Crippen LogP contribution in [0.5, 0.6) is 0 Å². The maximum atomic E-state index is 13.7. The van der Waals surface area contributed by atoms with Crippen LogP contribution in [-0.4, -0.2) is 14.6 Å². The van der Waals surface area contributed by atoms with Crippen molar-refractivity contribution in [1.82, 2.24) is 14.6 Å². The third kappa shape index (κ3) is 1.50. The van der Waals surface area contributed by atoms with Crippen molar-refractivity contribution in [2.75, 3.05) is 0 Å². The average Bonchev–Trinajstić information content (AvgIpc) is 2.45. The first-order chi connectivity index (χ1) is 7.00. The number of imidazole rings is 1. The molecule has 0 aliphatic carbocycles. The highest BCUT2D eigenvalue weighted by atomic mass is 19.1. The number of fused-ring (bicyclic) bond motifs is 1. The monoisotopic (exact) mass is 207 g/mol. The summed E-state index contributed by atoms with van der Waals surface area (Å²) in [4.78, 5) is 4.33. The van der Waals surface area contributed by atoms with Crippen LogP contribution in [0, 0.1) is 19.8 Å². The molecule has 2 heterocycles. The fourth-order valence-electron chi connectivity index (χ4n) is 1.91. The van der Waals surface area contributed by atoms with Crippen LogP contribution < -0.4 is 0 Å². The molecule has 0 unspecified atom stereocenters. The van der Waals surface area contributed by atoms with Crippen LogP contribution in [0.1, 0.15) is 36.6 Å². The molecule has 0 aliphatic rings. The molecule has 0 bridgehead atoms. The van der Waals surface area contributed by atoms with E-state index in [1.807, 2.05) is 27.7 Å². The van der Waals surface area contributed by atoms with Crippen molar-refractivity contribution in [2.24, 2.45) is 0 Å². The molecule has 0 spiro atoms. The van der Waals surface area contributed by atoms with Gasteiger partial charge in [-0.25, -0.2) is 9.50 Å². The minimum Gasteiger partial charge on any atom is -0.232 e. The molecule has 0 aliphatic heterocycles. The summed E-state index contributed by atoms with van der Waals surface area (Å²) >= 11 is 0. The third-order valence-corrected chi connectivity index (χ3v) is 2.54. The number of aromatic nitrogens is 3. The van der Waals surface area contributed by atoms with E-state index in [1.165, 1.54) is 4.52 Å². The Balaban J connectivity index is 2.83. The third-order valence-electron chi connectivity index (χ3n) is 2.54. The predicted molar refractivity (Wildman–Crippen MR) is 56.5 cm³/mol. The molecule has 0 fully saturated rings. The zero-order chi connectivity index (χ0) is 11.2. The number of aryl methyl sites for hydroxylation is 2. The van der Waals surface area contributed by atoms with Gasteiger partial charge in [0.15, 0.2) is 5.65 Å². The van der Waals surface area contributed by atoms with Crippen LogP contribution in [0.4, 0.5) is 4.39 Å². The standard InChI is InChI=1S/C11H14FN3/c1-6(2)9-8(4)11-13-7(3)5-15(11)14-10(9)12/h5-6H,1-4H3. The van der Waals surface area contributed by atoms with Crippen LogP contribution >= 0.6 is 0 Å². The molecule has 80 valence electrons. The predicted octanol–water partition coefficient (Wildman–Crippen LogP) is 2.61. The molecule has 15 heavy (non-hydrogen) atoms. The van der Waals surface area contributed by atoms with E-state index in [-0.39, 0.29) is 5.92 Å². The summed E-state index contributed by atoms with van der Waals surface area (Å²) in [6, 6.07) is 0. The van der Waals surface area contributed by atoms with E-state index in [0.717, 1.165) is 16.9 Å². The maximum Gasteiger partial charge on any atom is 0.235 e. The van der Waals surface area contributed by atoms with Crippen LogP contribution in [-0.2, 0) is 0 Å². The highest BCUT2D eigenvalue weighted by Gasteiger charge is 2.16. The number of rotatable bonds is 1. The largest absolute Gasteiger partial charge is 0.235 e. The number of halogens is 1. The van der Waals surface area contributed by atoms with Gasteiger partial charge in [0.05, 0.1) is 11.9 Å². The van der Waals surface area contributed by atoms with Gasteiger partial charge in [-0.2, -0.15) is 4.39 Å². The molecule has 4 heteroatoms. The molecule has 0 saturated heterocycles. The van der Waals surface area contributed by atoms with E-state index in [4.69, 9.17) is 0 Å². The Morgan fingerprint density at radius 2 is 2.00 bits per heavy atom. The molecule has 0 N–H and O–H groups in total. The van der Waals surface area contributed by atoms with Crippen LogP contribution in [0.15, 0.2) is 6.20 Å². The van der Waals surface area contributed by atoms with E-state index >= 15 is 0 Å². The van der Waals surface area contributed by atoms with E-state index in [0.29, 0.717) is 5.56 Å². The van der Waals surface area contributed by atoms with Gasteiger partial charge in [-0.05, 0) is 19.8 Å². The molecule has 2 rings (SSSR count). The average molecular weight is 207 g/mol. The molecule has 0 radical (unpaired) electrons. The topological polar surface area (TPSA) is 30.2 Å². The first kappa shape index (κ1) is 10.1. The molecular weight excluding hydrogens is 193 g/mol. The van der Waals surface area contributed by atoms with E-state index in [1.54, 1.807) is 6.20 Å². The fourth-order valence-corrected chi connectivity index (χ4v) is 1.91. The van der Waals surface area contributed by atoms with E-state index in [9.17, 15) is 4.39 Å². The Morgan fingerprint density at radius 1 is 1.33 bits per heavy atom. The van der Waals surface area contributed by atoms with Crippen LogP contribution in [0.3, 0.4) is 0 Å². The summed E-state index contributed by atoms with van der Waals surface area (Å²) in [5.41, 5.74) is 3.14. The zero-order valence-electron chi connectivity index (χ0n) is 9.37. The van der Waals surface area contributed by atoms with Crippen LogP contribution in [0.25, 0.3) is 5.65 Å². The Labute approximate surface area is 87.9 Å². The van der Waals surface area contributed by atoms with Gasteiger partial charge in [0.2, 0.25) is 5.95 Å². The Kier molecular flexibility index (Phi) is 2.21. The van der Waals surface area contributed by atoms with Gasteiger partial charge in [-0.1, -0.05) is 13.8 Å². The van der Waals surface area contributed by atoms with E-state index < -0.39 is 5.95 Å². The lowest BCUT2D eigenvalue weighted by Crippen LogP contribution is -2.05. The van der Waals surface area contributed by atoms with E-state index in [2.05, 4.69) is 10.1 Å². The smallest absolute Gasteiger partial charge is 0.232 e. The summed E-state index contributed by atoms with van der Waals surface area (Å²) in [7, 11) is 0. The lowest BCUT2D eigenvalue weighted by molar-refractivity contribution is 0.528. The summed E-state index contributed by atoms with van der Waals surface area (Å²) < 4.78 is 15.2. The van der Waals surface area contributed by atoms with Crippen molar-refractivity contribution >= 4 is 5.65 Å². The summed E-state index contributed by atoms with van der Waals surface area (Å²) in [5.74, 6) is -0.271. The lowest BCUT2D eigenvalue weighted by atomic mass is 10.0. The van der Waals surface area contributed by atoms with Crippen molar-refractivity contribution in [2.45, 2.75) is 33.6 Å². The van der Waals surface area contributed by atoms with Gasteiger partial charge in [0, 0.05) is 11.1 Å². The first-order valence-electron chi connectivity index (χ1n) is 5.02. The quantitative estimate of drug-likeness (QED) is 0.719. The second-order valence-electron chi connectivity index (χ2n) is 4.13. The van der Waals surface area contributed by atoms with Gasteiger partial charge in [-0.3, -0.25) is 0 Å². The van der Waals surface area contributed by atoms with Crippen molar-refractivity contribution in [1.29, 1.82) is 0 Å². The second-order valence-corrected chi connectivity index (χ2v) is 4.13. The lowest BCUT2D eigenvalue weighted by Gasteiger charge is -2.10. The highest BCUT2D eigenvalue weighted by molar-refractivity contribution is 5.51. The van der Waals surface area contributed by atoms with Gasteiger partial charge in [-0.15, -0.1) is 5.10 Å². The van der Waals surface area contributed by atoms with Crippen molar-refractivity contribution in [3.63, 3.8) is 0 Å². The van der Waals surface area contributed by atoms with Crippen LogP contribution in [0.2, 0.25) is 0 Å². The minimum atomic E-state index is -0.396. The minimum absolute atomic E-state index is 0.125. The van der Waals surface area contributed by atoms with Crippen molar-refractivity contribution < 1.29 is 4.39 Å². The summed E-state index contributed by atoms with van der Waals surface area (Å²) in [6.07, 6.45) is 1.73. The van der Waals surface area contributed by atoms with Gasteiger partial charge < -0.3 is 0 Å². The molecule has 0 atom stereocenters. The maximum absolute atomic E-state index is 13.7. The van der Waals surface area contributed by atoms with Gasteiger partial charge >= 0.3 is 0 Å². The molecule has 3 nitrogen and oxygen atoms in total. The molecule has 2 aromatic heterocycles. The second kappa shape index (κ2) is 3.29. The van der Waals surface area contributed by atoms with Gasteiger partial charge in [0.25, 0.3) is 0 Å². The summed E-state index contributed by atoms with van der Waals surface area (Å²) in [6.45, 7) is 7.68. The molecule has 0 saturated carbocycles. The van der Waals surface area contributed by atoms with Crippen molar-refractivity contribution in [3.05, 3.63) is 29.0 Å². The number of nitrogens with zero attached hydrogens (tertiary/aromatic N) is 3. The zero-order valence-corrected chi connectivity index (χ0v) is 9.37. The number of hydrogen-bond acceptors (Lipinski definition) is 2. The Morgan fingerprint density at radius 3 is 2.60 bits per heavy atom. The summed E-state index contributed by atoms with van der Waals surface area (Å²) in [5, 5.41) is 3.87. The molecule has 2 aromatic rings. The van der Waals surface area contributed by atoms with Gasteiger partial charge in [0.1, 0.15) is 0 Å².